The summed E-state index contributed by atoms with van der Waals surface area (Å²) in [4.78, 5) is 13.8. The molecule has 0 spiro atoms. The first kappa shape index (κ1) is 24.4. The molecule has 174 valence electrons. The highest BCUT2D eigenvalue weighted by molar-refractivity contribution is 7.89. The predicted molar refractivity (Wildman–Crippen MR) is 111 cm³/mol. The van der Waals surface area contributed by atoms with Gasteiger partial charge in [-0.15, -0.1) is 0 Å². The van der Waals surface area contributed by atoms with Gasteiger partial charge in [0.1, 0.15) is 5.82 Å². The van der Waals surface area contributed by atoms with E-state index in [9.17, 15) is 30.8 Å². The lowest BCUT2D eigenvalue weighted by molar-refractivity contribution is -0.137. The van der Waals surface area contributed by atoms with E-state index in [0.717, 1.165) is 28.6 Å². The van der Waals surface area contributed by atoms with Crippen molar-refractivity contribution in [1.29, 1.82) is 0 Å². The van der Waals surface area contributed by atoms with Gasteiger partial charge >= 0.3 is 6.18 Å². The van der Waals surface area contributed by atoms with Crippen molar-refractivity contribution in [3.8, 4) is 0 Å². The minimum absolute atomic E-state index is 0.00843. The van der Waals surface area contributed by atoms with Crippen LogP contribution in [0.3, 0.4) is 0 Å². The molecule has 1 fully saturated rings. The topological polar surface area (TPSA) is 69.7 Å². The average Bonchev–Trinajstić information content (AvgIpc) is 2.74. The van der Waals surface area contributed by atoms with Crippen LogP contribution in [0.5, 0.6) is 0 Å². The van der Waals surface area contributed by atoms with Gasteiger partial charge in [0, 0.05) is 31.2 Å². The largest absolute Gasteiger partial charge is 0.416 e. The summed E-state index contributed by atoms with van der Waals surface area (Å²) >= 11 is 5.69. The Morgan fingerprint density at radius 3 is 2.34 bits per heavy atom. The van der Waals surface area contributed by atoms with E-state index >= 15 is 0 Å². The summed E-state index contributed by atoms with van der Waals surface area (Å²) in [5.74, 6) is -1.17. The van der Waals surface area contributed by atoms with Crippen LogP contribution in [-0.2, 0) is 21.0 Å². The number of sulfonamides is 1. The van der Waals surface area contributed by atoms with Crippen molar-refractivity contribution >= 4 is 33.2 Å². The molecule has 1 unspecified atom stereocenters. The highest BCUT2D eigenvalue weighted by Gasteiger charge is 2.35. The zero-order valence-electron chi connectivity index (χ0n) is 16.9. The van der Waals surface area contributed by atoms with E-state index in [0.29, 0.717) is 6.07 Å². The Bertz CT molecular complexity index is 1100. The number of benzene rings is 2. The van der Waals surface area contributed by atoms with Crippen molar-refractivity contribution in [2.45, 2.75) is 24.0 Å². The smallest absolute Gasteiger partial charge is 0.322 e. The van der Waals surface area contributed by atoms with Gasteiger partial charge in [0.25, 0.3) is 0 Å². The molecule has 1 heterocycles. The second-order valence-corrected chi connectivity index (χ2v) is 9.63. The Labute approximate surface area is 187 Å². The van der Waals surface area contributed by atoms with Crippen LogP contribution in [0.2, 0.25) is 5.02 Å². The number of nitrogens with one attached hydrogen (secondary N) is 1. The monoisotopic (exact) mass is 493 g/mol. The molecule has 0 aromatic heterocycles. The third kappa shape index (κ3) is 5.40. The Morgan fingerprint density at radius 1 is 1.09 bits per heavy atom. The lowest BCUT2D eigenvalue weighted by Gasteiger charge is -2.36. The van der Waals surface area contributed by atoms with Crippen LogP contribution in [0.25, 0.3) is 0 Å². The van der Waals surface area contributed by atoms with Crippen molar-refractivity contribution in [2.24, 2.45) is 0 Å². The minimum atomic E-state index is -4.66. The van der Waals surface area contributed by atoms with E-state index in [1.807, 2.05) is 0 Å². The minimum Gasteiger partial charge on any atom is -0.322 e. The van der Waals surface area contributed by atoms with Gasteiger partial charge in [-0.25, -0.2) is 12.8 Å². The highest BCUT2D eigenvalue weighted by Crippen LogP contribution is 2.31. The Balaban J connectivity index is 1.64. The second-order valence-electron chi connectivity index (χ2n) is 7.26. The third-order valence-corrected chi connectivity index (χ3v) is 7.32. The van der Waals surface area contributed by atoms with Gasteiger partial charge in [0.2, 0.25) is 15.9 Å². The number of rotatable bonds is 5. The molecule has 2 aromatic carbocycles. The number of hydrogen-bond donors (Lipinski definition) is 1. The molecule has 0 aliphatic carbocycles. The zero-order chi connectivity index (χ0) is 23.7. The number of amides is 1. The van der Waals surface area contributed by atoms with E-state index in [1.54, 1.807) is 11.8 Å². The summed E-state index contributed by atoms with van der Waals surface area (Å²) in [5.41, 5.74) is -1.08. The van der Waals surface area contributed by atoms with Gasteiger partial charge in [0.05, 0.1) is 22.2 Å². The molecule has 1 aliphatic rings. The Kier molecular flexibility index (Phi) is 7.13. The molecule has 0 bridgehead atoms. The molecule has 12 heteroatoms. The molecule has 1 atom stereocenters. The maximum atomic E-state index is 13.9. The van der Waals surface area contributed by atoms with Crippen LogP contribution in [0.1, 0.15) is 12.5 Å². The standard InChI is InChI=1S/C20H20ClF4N3O3S/c1-13(19(29)26-18-6-5-15(21)12-17(18)22)27-7-9-28(10-8-27)32(30,31)16-4-2-3-14(11-16)20(23,24)25/h2-6,11-13H,7-10H2,1H3,(H,26,29). The first-order valence-corrected chi connectivity index (χ1v) is 11.4. The fourth-order valence-corrected chi connectivity index (χ4v) is 4.93. The fraction of sp³-hybridized carbons (Fsp3) is 0.350. The summed E-state index contributed by atoms with van der Waals surface area (Å²) in [6.45, 7) is 1.93. The normalized spacial score (nSPS) is 17.2. The molecule has 0 saturated carbocycles. The number of piperazine rings is 1. The molecule has 1 amide bonds. The molecule has 0 radical (unpaired) electrons. The molecule has 2 aromatic rings. The van der Waals surface area contributed by atoms with E-state index in [2.05, 4.69) is 5.32 Å². The number of nitrogens with zero attached hydrogens (tertiary/aromatic N) is 2. The third-order valence-electron chi connectivity index (χ3n) is 5.19. The van der Waals surface area contributed by atoms with Crippen LogP contribution in [0, 0.1) is 5.82 Å². The van der Waals surface area contributed by atoms with Crippen LogP contribution in [0.15, 0.2) is 47.4 Å². The van der Waals surface area contributed by atoms with Crippen molar-refractivity contribution in [2.75, 3.05) is 31.5 Å². The van der Waals surface area contributed by atoms with Gasteiger partial charge in [-0.1, -0.05) is 17.7 Å². The van der Waals surface area contributed by atoms with Gasteiger partial charge in [-0.05, 0) is 43.3 Å². The quantitative estimate of drug-likeness (QED) is 0.643. The molecular formula is C20H20ClF4N3O3S. The van der Waals surface area contributed by atoms with E-state index in [-0.39, 0.29) is 36.9 Å². The fourth-order valence-electron chi connectivity index (χ4n) is 3.31. The van der Waals surface area contributed by atoms with Crippen molar-refractivity contribution in [3.05, 3.63) is 58.9 Å². The molecule has 3 rings (SSSR count). The summed E-state index contributed by atoms with van der Waals surface area (Å²) in [6, 6.07) is 6.73. The van der Waals surface area contributed by atoms with Gasteiger partial charge in [-0.2, -0.15) is 17.5 Å². The summed E-state index contributed by atoms with van der Waals surface area (Å²) in [5, 5.41) is 2.66. The van der Waals surface area contributed by atoms with Crippen LogP contribution < -0.4 is 5.32 Å². The lowest BCUT2D eigenvalue weighted by Crippen LogP contribution is -2.53. The highest BCUT2D eigenvalue weighted by atomic mass is 35.5. The molecule has 1 N–H and O–H groups in total. The summed E-state index contributed by atoms with van der Waals surface area (Å²) < 4.78 is 79.4. The van der Waals surface area contributed by atoms with Crippen molar-refractivity contribution < 1.29 is 30.8 Å². The number of halogens is 5. The van der Waals surface area contributed by atoms with Gasteiger partial charge < -0.3 is 5.32 Å². The number of hydrogen-bond acceptors (Lipinski definition) is 4. The summed E-state index contributed by atoms with van der Waals surface area (Å²) in [7, 11) is -4.13. The van der Waals surface area contributed by atoms with Crippen LogP contribution in [-0.4, -0.2) is 55.8 Å². The first-order valence-electron chi connectivity index (χ1n) is 9.57. The van der Waals surface area contributed by atoms with Crippen LogP contribution in [0.4, 0.5) is 23.2 Å². The van der Waals surface area contributed by atoms with Crippen molar-refractivity contribution in [1.82, 2.24) is 9.21 Å². The van der Waals surface area contributed by atoms with E-state index < -0.39 is 44.4 Å². The maximum absolute atomic E-state index is 13.9. The molecule has 6 nitrogen and oxygen atoms in total. The van der Waals surface area contributed by atoms with E-state index in [4.69, 9.17) is 11.6 Å². The molecular weight excluding hydrogens is 474 g/mol. The Hall–Kier alpha value is -2.21. The zero-order valence-corrected chi connectivity index (χ0v) is 18.4. The first-order chi connectivity index (χ1) is 14.9. The van der Waals surface area contributed by atoms with Gasteiger partial charge in [-0.3, -0.25) is 9.69 Å². The van der Waals surface area contributed by atoms with Crippen LogP contribution >= 0.6 is 11.6 Å². The molecule has 32 heavy (non-hydrogen) atoms. The predicted octanol–water partition coefficient (Wildman–Crippen LogP) is 3.83. The molecule has 1 aliphatic heterocycles. The number of carbonyl (C=O) groups excluding carboxylic acids is 1. The van der Waals surface area contributed by atoms with Gasteiger partial charge in [0.15, 0.2) is 0 Å². The second kappa shape index (κ2) is 9.34. The lowest BCUT2D eigenvalue weighted by atomic mass is 10.2. The number of alkyl halides is 3. The van der Waals surface area contributed by atoms with E-state index in [1.165, 1.54) is 12.1 Å². The maximum Gasteiger partial charge on any atom is 0.416 e. The van der Waals surface area contributed by atoms with Crippen molar-refractivity contribution in [3.63, 3.8) is 0 Å². The number of anilines is 1. The average molecular weight is 494 g/mol. The summed E-state index contributed by atoms with van der Waals surface area (Å²) in [6.07, 6.45) is -4.66. The SMILES string of the molecule is CC(C(=O)Nc1ccc(Cl)cc1F)N1CCN(S(=O)(=O)c2cccc(C(F)(F)F)c2)CC1. The number of carbonyl (C=O) groups is 1. The molecule has 1 saturated heterocycles. The Morgan fingerprint density at radius 2 is 1.75 bits per heavy atom.